The highest BCUT2D eigenvalue weighted by atomic mass is 16.5. The average molecular weight is 281 g/mol. The van der Waals surface area contributed by atoms with Gasteiger partial charge in [0.25, 0.3) is 0 Å². The highest BCUT2D eigenvalue weighted by Gasteiger charge is 2.30. The first-order chi connectivity index (χ1) is 9.80. The SMILES string of the molecule is CCOC(c1noc(C(CC)CN)n1)C1CCCCC1. The fraction of sp³-hybridized carbons (Fsp3) is 0.867. The molecule has 1 fully saturated rings. The summed E-state index contributed by atoms with van der Waals surface area (Å²) >= 11 is 0. The summed E-state index contributed by atoms with van der Waals surface area (Å²) in [5, 5.41) is 4.16. The normalized spacial score (nSPS) is 19.9. The highest BCUT2D eigenvalue weighted by molar-refractivity contribution is 4.99. The summed E-state index contributed by atoms with van der Waals surface area (Å²) in [5.74, 6) is 2.04. The van der Waals surface area contributed by atoms with Gasteiger partial charge in [0.1, 0.15) is 6.10 Å². The van der Waals surface area contributed by atoms with E-state index in [2.05, 4.69) is 17.1 Å². The number of nitrogens with zero attached hydrogens (tertiary/aromatic N) is 2. The molecule has 1 aliphatic carbocycles. The minimum Gasteiger partial charge on any atom is -0.370 e. The van der Waals surface area contributed by atoms with Crippen LogP contribution in [0.5, 0.6) is 0 Å². The molecule has 1 aromatic rings. The first kappa shape index (κ1) is 15.4. The summed E-state index contributed by atoms with van der Waals surface area (Å²) in [7, 11) is 0. The molecular formula is C15H27N3O2. The van der Waals surface area contributed by atoms with Crippen molar-refractivity contribution in [3.8, 4) is 0 Å². The van der Waals surface area contributed by atoms with Gasteiger partial charge in [0.2, 0.25) is 11.7 Å². The molecule has 1 heterocycles. The maximum atomic E-state index is 5.91. The lowest BCUT2D eigenvalue weighted by molar-refractivity contribution is -0.00145. The largest absolute Gasteiger partial charge is 0.370 e. The van der Waals surface area contributed by atoms with Crippen molar-refractivity contribution in [1.29, 1.82) is 0 Å². The molecule has 2 N–H and O–H groups in total. The van der Waals surface area contributed by atoms with Gasteiger partial charge in [-0.05, 0) is 32.1 Å². The molecule has 1 aliphatic rings. The Bertz CT molecular complexity index is 384. The number of rotatable bonds is 7. The monoisotopic (exact) mass is 281 g/mol. The maximum absolute atomic E-state index is 5.91. The zero-order chi connectivity index (χ0) is 14.4. The Balaban J connectivity index is 2.12. The number of ether oxygens (including phenoxy) is 1. The van der Waals surface area contributed by atoms with Crippen LogP contribution in [-0.2, 0) is 4.74 Å². The van der Waals surface area contributed by atoms with Crippen LogP contribution in [0, 0.1) is 5.92 Å². The molecule has 0 amide bonds. The highest BCUT2D eigenvalue weighted by Crippen LogP contribution is 2.36. The molecule has 0 radical (unpaired) electrons. The third-order valence-electron chi connectivity index (χ3n) is 4.26. The molecule has 0 aliphatic heterocycles. The number of aromatic nitrogens is 2. The van der Waals surface area contributed by atoms with E-state index in [1.54, 1.807) is 0 Å². The van der Waals surface area contributed by atoms with E-state index in [4.69, 9.17) is 15.0 Å². The van der Waals surface area contributed by atoms with Crippen LogP contribution < -0.4 is 5.73 Å². The maximum Gasteiger partial charge on any atom is 0.231 e. The zero-order valence-corrected chi connectivity index (χ0v) is 12.7. The van der Waals surface area contributed by atoms with E-state index in [0.29, 0.717) is 30.8 Å². The van der Waals surface area contributed by atoms with Crippen molar-refractivity contribution in [1.82, 2.24) is 10.1 Å². The quantitative estimate of drug-likeness (QED) is 0.830. The number of nitrogens with two attached hydrogens (primary N) is 1. The van der Waals surface area contributed by atoms with Crippen molar-refractivity contribution in [3.63, 3.8) is 0 Å². The van der Waals surface area contributed by atoms with Crippen LogP contribution in [0.1, 0.15) is 76.1 Å². The van der Waals surface area contributed by atoms with Gasteiger partial charge in [0, 0.05) is 13.2 Å². The summed E-state index contributed by atoms with van der Waals surface area (Å²) in [6.45, 7) is 5.33. The molecule has 114 valence electrons. The van der Waals surface area contributed by atoms with Gasteiger partial charge >= 0.3 is 0 Å². The van der Waals surface area contributed by atoms with E-state index < -0.39 is 0 Å². The topological polar surface area (TPSA) is 74.2 Å². The predicted molar refractivity (Wildman–Crippen MR) is 77.3 cm³/mol. The van der Waals surface area contributed by atoms with Crippen LogP contribution >= 0.6 is 0 Å². The molecule has 0 spiro atoms. The van der Waals surface area contributed by atoms with Crippen LogP contribution in [0.2, 0.25) is 0 Å². The molecule has 2 unspecified atom stereocenters. The summed E-state index contributed by atoms with van der Waals surface area (Å²) < 4.78 is 11.3. The fourth-order valence-corrected chi connectivity index (χ4v) is 3.01. The van der Waals surface area contributed by atoms with Gasteiger partial charge < -0.3 is 15.0 Å². The second kappa shape index (κ2) is 7.74. The van der Waals surface area contributed by atoms with Crippen molar-refractivity contribution in [3.05, 3.63) is 11.7 Å². The Morgan fingerprint density at radius 2 is 2.05 bits per heavy atom. The summed E-state index contributed by atoms with van der Waals surface area (Å²) in [4.78, 5) is 4.56. The molecule has 5 nitrogen and oxygen atoms in total. The Morgan fingerprint density at radius 1 is 1.30 bits per heavy atom. The van der Waals surface area contributed by atoms with E-state index in [-0.39, 0.29) is 12.0 Å². The van der Waals surface area contributed by atoms with Gasteiger partial charge in [-0.25, -0.2) is 0 Å². The lowest BCUT2D eigenvalue weighted by Gasteiger charge is -2.27. The molecule has 0 aromatic carbocycles. The second-order valence-electron chi connectivity index (χ2n) is 5.61. The second-order valence-corrected chi connectivity index (χ2v) is 5.61. The predicted octanol–water partition coefficient (Wildman–Crippen LogP) is 3.18. The van der Waals surface area contributed by atoms with Crippen LogP contribution in [0.15, 0.2) is 4.52 Å². The van der Waals surface area contributed by atoms with E-state index in [1.165, 1.54) is 32.1 Å². The first-order valence-corrected chi connectivity index (χ1v) is 7.95. The van der Waals surface area contributed by atoms with E-state index in [0.717, 1.165) is 6.42 Å². The molecule has 1 aromatic heterocycles. The summed E-state index contributed by atoms with van der Waals surface area (Å²) in [6.07, 6.45) is 7.18. The van der Waals surface area contributed by atoms with Crippen molar-refractivity contribution in [2.45, 2.75) is 64.4 Å². The first-order valence-electron chi connectivity index (χ1n) is 7.95. The van der Waals surface area contributed by atoms with Crippen LogP contribution in [0.3, 0.4) is 0 Å². The lowest BCUT2D eigenvalue weighted by atomic mass is 9.85. The van der Waals surface area contributed by atoms with Crippen molar-refractivity contribution in [2.75, 3.05) is 13.2 Å². The Hall–Kier alpha value is -0.940. The third-order valence-corrected chi connectivity index (χ3v) is 4.26. The van der Waals surface area contributed by atoms with Crippen molar-refractivity contribution in [2.24, 2.45) is 11.7 Å². The molecule has 2 rings (SSSR count). The average Bonchev–Trinajstić information content (AvgIpc) is 2.96. The van der Waals surface area contributed by atoms with E-state index in [1.807, 2.05) is 6.92 Å². The Labute approximate surface area is 121 Å². The minimum absolute atomic E-state index is 0.0203. The van der Waals surface area contributed by atoms with Gasteiger partial charge in [-0.15, -0.1) is 0 Å². The zero-order valence-electron chi connectivity index (χ0n) is 12.7. The van der Waals surface area contributed by atoms with E-state index >= 15 is 0 Å². The third kappa shape index (κ3) is 3.58. The van der Waals surface area contributed by atoms with Gasteiger partial charge in [-0.2, -0.15) is 4.98 Å². The van der Waals surface area contributed by atoms with Crippen LogP contribution in [0.25, 0.3) is 0 Å². The fourth-order valence-electron chi connectivity index (χ4n) is 3.01. The number of hydrogen-bond donors (Lipinski definition) is 1. The minimum atomic E-state index is -0.0203. The molecule has 0 saturated heterocycles. The molecule has 2 atom stereocenters. The van der Waals surface area contributed by atoms with E-state index in [9.17, 15) is 0 Å². The molecular weight excluding hydrogens is 254 g/mol. The number of hydrogen-bond acceptors (Lipinski definition) is 5. The van der Waals surface area contributed by atoms with Gasteiger partial charge in [-0.3, -0.25) is 0 Å². The standard InChI is InChI=1S/C15H27N3O2/c1-3-11(10-16)15-17-14(18-20-15)13(19-4-2)12-8-6-5-7-9-12/h11-13H,3-10,16H2,1-2H3. The molecule has 1 saturated carbocycles. The lowest BCUT2D eigenvalue weighted by Crippen LogP contribution is -2.20. The van der Waals surface area contributed by atoms with Gasteiger partial charge in [0.05, 0.1) is 5.92 Å². The van der Waals surface area contributed by atoms with Crippen molar-refractivity contribution < 1.29 is 9.26 Å². The van der Waals surface area contributed by atoms with Crippen LogP contribution in [-0.4, -0.2) is 23.3 Å². The summed E-state index contributed by atoms with van der Waals surface area (Å²) in [5.41, 5.74) is 5.74. The molecule has 20 heavy (non-hydrogen) atoms. The van der Waals surface area contributed by atoms with Crippen LogP contribution in [0.4, 0.5) is 0 Å². The van der Waals surface area contributed by atoms with Crippen molar-refractivity contribution >= 4 is 0 Å². The smallest absolute Gasteiger partial charge is 0.231 e. The molecule has 0 bridgehead atoms. The Kier molecular flexibility index (Phi) is 5.98. The summed E-state index contributed by atoms with van der Waals surface area (Å²) in [6, 6.07) is 0. The molecule has 5 heteroatoms. The Morgan fingerprint density at radius 3 is 2.65 bits per heavy atom. The van der Waals surface area contributed by atoms with Gasteiger partial charge in [0.15, 0.2) is 0 Å². The van der Waals surface area contributed by atoms with Gasteiger partial charge in [-0.1, -0.05) is 31.3 Å².